The molecule has 100 valence electrons. The molecule has 18 heavy (non-hydrogen) atoms. The maximum Gasteiger partial charge on any atom is 0.124 e. The lowest BCUT2D eigenvalue weighted by Gasteiger charge is -2.34. The molecule has 1 saturated carbocycles. The molecular formula is C14H22N2O2. The number of benzene rings is 1. The smallest absolute Gasteiger partial charge is 0.124 e. The van der Waals surface area contributed by atoms with E-state index in [1.165, 1.54) is 19.3 Å². The van der Waals surface area contributed by atoms with Gasteiger partial charge in [-0.2, -0.15) is 0 Å². The lowest BCUT2D eigenvalue weighted by molar-refractivity contribution is 0.144. The summed E-state index contributed by atoms with van der Waals surface area (Å²) in [5.41, 5.74) is 4.09. The summed E-state index contributed by atoms with van der Waals surface area (Å²) < 4.78 is 10.8. The van der Waals surface area contributed by atoms with Gasteiger partial charge in [0.2, 0.25) is 0 Å². The van der Waals surface area contributed by atoms with Gasteiger partial charge in [-0.05, 0) is 24.8 Å². The van der Waals surface area contributed by atoms with E-state index in [-0.39, 0.29) is 6.04 Å². The summed E-state index contributed by atoms with van der Waals surface area (Å²) in [6.45, 7) is 1.16. The van der Waals surface area contributed by atoms with Gasteiger partial charge in [0.05, 0.1) is 12.6 Å². The molecule has 1 aromatic carbocycles. The van der Waals surface area contributed by atoms with Crippen LogP contribution in [0.2, 0.25) is 0 Å². The minimum atomic E-state index is 0.192. The Bertz CT molecular complexity index is 367. The van der Waals surface area contributed by atoms with Crippen molar-refractivity contribution in [2.45, 2.75) is 25.3 Å². The molecule has 0 radical (unpaired) electrons. The van der Waals surface area contributed by atoms with Crippen molar-refractivity contribution in [1.82, 2.24) is 5.43 Å². The first-order chi connectivity index (χ1) is 8.86. The van der Waals surface area contributed by atoms with E-state index in [1.807, 2.05) is 18.2 Å². The van der Waals surface area contributed by atoms with E-state index in [4.69, 9.17) is 15.3 Å². The van der Waals surface area contributed by atoms with Gasteiger partial charge in [-0.25, -0.2) is 0 Å². The third-order valence-corrected chi connectivity index (χ3v) is 3.60. The van der Waals surface area contributed by atoms with Crippen LogP contribution >= 0.6 is 0 Å². The fourth-order valence-corrected chi connectivity index (χ4v) is 2.36. The van der Waals surface area contributed by atoms with Crippen molar-refractivity contribution in [2.75, 3.05) is 20.3 Å². The lowest BCUT2D eigenvalue weighted by Crippen LogP contribution is -2.36. The quantitative estimate of drug-likeness (QED) is 0.441. The predicted octanol–water partition coefficient (Wildman–Crippen LogP) is 2.02. The summed E-state index contributed by atoms with van der Waals surface area (Å²) >= 11 is 0. The second-order valence-corrected chi connectivity index (χ2v) is 4.71. The number of nitrogens with one attached hydrogen (secondary N) is 1. The Kier molecular flexibility index (Phi) is 4.99. The number of rotatable bonds is 7. The lowest BCUT2D eigenvalue weighted by atomic mass is 9.77. The zero-order valence-corrected chi connectivity index (χ0v) is 10.9. The monoisotopic (exact) mass is 250 g/mol. The standard InChI is InChI=1S/C14H22N2O2/c1-17-9-10-18-13-8-3-2-7-12(13)14(16-15)11-5-4-6-11/h2-3,7-8,11,14,16H,4-6,9-10,15H2,1H3. The highest BCUT2D eigenvalue weighted by molar-refractivity contribution is 5.36. The molecule has 1 aliphatic rings. The highest BCUT2D eigenvalue weighted by Gasteiger charge is 2.29. The molecule has 4 nitrogen and oxygen atoms in total. The second kappa shape index (κ2) is 6.73. The van der Waals surface area contributed by atoms with E-state index in [9.17, 15) is 0 Å². The third-order valence-electron chi connectivity index (χ3n) is 3.60. The van der Waals surface area contributed by atoms with Gasteiger partial charge in [0.15, 0.2) is 0 Å². The van der Waals surface area contributed by atoms with Gasteiger partial charge in [0.1, 0.15) is 12.4 Å². The summed E-state index contributed by atoms with van der Waals surface area (Å²) in [5, 5.41) is 0. The van der Waals surface area contributed by atoms with E-state index in [1.54, 1.807) is 7.11 Å². The van der Waals surface area contributed by atoms with Crippen LogP contribution in [0.3, 0.4) is 0 Å². The maximum atomic E-state index is 5.76. The Hall–Kier alpha value is -1.10. The zero-order chi connectivity index (χ0) is 12.8. The van der Waals surface area contributed by atoms with Crippen LogP contribution in [0.5, 0.6) is 5.75 Å². The van der Waals surface area contributed by atoms with E-state index < -0.39 is 0 Å². The van der Waals surface area contributed by atoms with Crippen LogP contribution in [0, 0.1) is 5.92 Å². The summed E-state index contributed by atoms with van der Waals surface area (Å²) in [6, 6.07) is 8.29. The van der Waals surface area contributed by atoms with Gasteiger partial charge in [-0.15, -0.1) is 0 Å². The van der Waals surface area contributed by atoms with Gasteiger partial charge in [0, 0.05) is 12.7 Å². The summed E-state index contributed by atoms with van der Waals surface area (Å²) in [5.74, 6) is 7.24. The average molecular weight is 250 g/mol. The molecule has 1 unspecified atom stereocenters. The van der Waals surface area contributed by atoms with Crippen molar-refractivity contribution in [3.05, 3.63) is 29.8 Å². The van der Waals surface area contributed by atoms with Crippen molar-refractivity contribution in [3.8, 4) is 5.75 Å². The van der Waals surface area contributed by atoms with Crippen molar-refractivity contribution in [1.29, 1.82) is 0 Å². The third kappa shape index (κ3) is 3.02. The first-order valence-corrected chi connectivity index (χ1v) is 6.53. The number of methoxy groups -OCH3 is 1. The topological polar surface area (TPSA) is 56.5 Å². The van der Waals surface area contributed by atoms with Gasteiger partial charge in [0.25, 0.3) is 0 Å². The predicted molar refractivity (Wildman–Crippen MR) is 71.2 cm³/mol. The van der Waals surface area contributed by atoms with Crippen molar-refractivity contribution < 1.29 is 9.47 Å². The molecule has 0 aliphatic heterocycles. The molecule has 1 atom stereocenters. The Labute approximate surface area is 108 Å². The molecule has 4 heteroatoms. The molecule has 3 N–H and O–H groups in total. The Balaban J connectivity index is 2.09. The minimum Gasteiger partial charge on any atom is -0.491 e. The van der Waals surface area contributed by atoms with Crippen molar-refractivity contribution in [3.63, 3.8) is 0 Å². The van der Waals surface area contributed by atoms with E-state index >= 15 is 0 Å². The molecule has 0 spiro atoms. The van der Waals surface area contributed by atoms with Crippen LogP contribution in [0.25, 0.3) is 0 Å². The van der Waals surface area contributed by atoms with Crippen LogP contribution in [0.15, 0.2) is 24.3 Å². The SMILES string of the molecule is COCCOc1ccccc1C(NN)C1CCC1. The Morgan fingerprint density at radius 3 is 2.72 bits per heavy atom. The van der Waals surface area contributed by atoms with E-state index in [0.29, 0.717) is 19.1 Å². The van der Waals surface area contributed by atoms with Gasteiger partial charge in [-0.3, -0.25) is 11.3 Å². The van der Waals surface area contributed by atoms with Crippen LogP contribution in [-0.4, -0.2) is 20.3 Å². The number of ether oxygens (including phenoxy) is 2. The van der Waals surface area contributed by atoms with Crippen molar-refractivity contribution in [2.24, 2.45) is 11.8 Å². The maximum absolute atomic E-state index is 5.76. The minimum absolute atomic E-state index is 0.192. The first kappa shape index (κ1) is 13.3. The van der Waals surface area contributed by atoms with Crippen LogP contribution in [0.1, 0.15) is 30.9 Å². The fraction of sp³-hybridized carbons (Fsp3) is 0.571. The van der Waals surface area contributed by atoms with E-state index in [2.05, 4.69) is 11.5 Å². The molecular weight excluding hydrogens is 228 g/mol. The van der Waals surface area contributed by atoms with Crippen molar-refractivity contribution >= 4 is 0 Å². The Morgan fingerprint density at radius 1 is 1.33 bits per heavy atom. The highest BCUT2D eigenvalue weighted by atomic mass is 16.5. The Morgan fingerprint density at radius 2 is 2.11 bits per heavy atom. The first-order valence-electron chi connectivity index (χ1n) is 6.53. The molecule has 0 heterocycles. The number of para-hydroxylation sites is 1. The average Bonchev–Trinajstić information content (AvgIpc) is 2.35. The molecule has 2 rings (SSSR count). The largest absolute Gasteiger partial charge is 0.491 e. The van der Waals surface area contributed by atoms with Gasteiger partial charge in [-0.1, -0.05) is 24.6 Å². The number of hydrogen-bond acceptors (Lipinski definition) is 4. The zero-order valence-electron chi connectivity index (χ0n) is 10.9. The van der Waals surface area contributed by atoms with Crippen LogP contribution < -0.4 is 16.0 Å². The molecule has 1 aromatic rings. The van der Waals surface area contributed by atoms with Crippen LogP contribution in [-0.2, 0) is 4.74 Å². The molecule has 0 saturated heterocycles. The molecule has 0 bridgehead atoms. The molecule has 0 aromatic heterocycles. The molecule has 1 aliphatic carbocycles. The second-order valence-electron chi connectivity index (χ2n) is 4.71. The molecule has 1 fully saturated rings. The number of hydrogen-bond donors (Lipinski definition) is 2. The number of hydrazine groups is 1. The summed E-state index contributed by atoms with van der Waals surface area (Å²) in [4.78, 5) is 0. The van der Waals surface area contributed by atoms with Gasteiger partial charge >= 0.3 is 0 Å². The highest BCUT2D eigenvalue weighted by Crippen LogP contribution is 2.40. The summed E-state index contributed by atoms with van der Waals surface area (Å²) in [7, 11) is 1.67. The van der Waals surface area contributed by atoms with E-state index in [0.717, 1.165) is 11.3 Å². The summed E-state index contributed by atoms with van der Waals surface area (Å²) in [6.07, 6.45) is 3.78. The number of nitrogens with two attached hydrogens (primary N) is 1. The van der Waals surface area contributed by atoms with Crippen LogP contribution in [0.4, 0.5) is 0 Å². The fourth-order valence-electron chi connectivity index (χ4n) is 2.36. The van der Waals surface area contributed by atoms with Gasteiger partial charge < -0.3 is 9.47 Å². The molecule has 0 amide bonds. The normalized spacial score (nSPS) is 17.2.